The zero-order valence-corrected chi connectivity index (χ0v) is 13.8. The van der Waals surface area contributed by atoms with Crippen LogP contribution in [0.3, 0.4) is 0 Å². The smallest absolute Gasteiger partial charge is 0.422 e. The summed E-state index contributed by atoms with van der Waals surface area (Å²) >= 11 is 0. The van der Waals surface area contributed by atoms with Crippen LogP contribution in [0.15, 0.2) is 42.6 Å². The van der Waals surface area contributed by atoms with Crippen LogP contribution in [0.1, 0.15) is 27.6 Å². The van der Waals surface area contributed by atoms with Crippen LogP contribution >= 0.6 is 0 Å². The van der Waals surface area contributed by atoms with E-state index < -0.39 is 24.6 Å². The van der Waals surface area contributed by atoms with Crippen LogP contribution in [-0.2, 0) is 0 Å². The number of halogens is 3. The third-order valence-corrected chi connectivity index (χ3v) is 3.11. The Morgan fingerprint density at radius 1 is 1.15 bits per heavy atom. The Hall–Kier alpha value is -3.10. The number of pyridine rings is 1. The molecule has 0 aliphatic carbocycles. The van der Waals surface area contributed by atoms with E-state index in [0.717, 1.165) is 0 Å². The lowest BCUT2D eigenvalue weighted by atomic mass is 10.1. The molecule has 0 bridgehead atoms. The molecule has 1 aromatic carbocycles. The Kier molecular flexibility index (Phi) is 6.16. The zero-order valence-electron chi connectivity index (χ0n) is 13.8. The van der Waals surface area contributed by atoms with Crippen LogP contribution in [-0.4, -0.2) is 36.1 Å². The van der Waals surface area contributed by atoms with Crippen molar-refractivity contribution >= 4 is 17.5 Å². The van der Waals surface area contributed by atoms with Gasteiger partial charge in [0.05, 0.1) is 0 Å². The highest BCUT2D eigenvalue weighted by Gasteiger charge is 2.29. The van der Waals surface area contributed by atoms with Gasteiger partial charge in [-0.25, -0.2) is 4.98 Å². The van der Waals surface area contributed by atoms with Crippen LogP contribution < -0.4 is 15.4 Å². The molecule has 138 valence electrons. The number of anilines is 1. The van der Waals surface area contributed by atoms with E-state index in [-0.39, 0.29) is 11.5 Å². The summed E-state index contributed by atoms with van der Waals surface area (Å²) in [5, 5.41) is 5.14. The van der Waals surface area contributed by atoms with Crippen molar-refractivity contribution in [2.45, 2.75) is 13.1 Å². The summed E-state index contributed by atoms with van der Waals surface area (Å²) in [6.45, 7) is 0.663. The van der Waals surface area contributed by atoms with E-state index in [2.05, 4.69) is 20.4 Å². The van der Waals surface area contributed by atoms with Gasteiger partial charge in [-0.3, -0.25) is 9.59 Å². The maximum absolute atomic E-state index is 12.4. The number of alkyl halides is 3. The summed E-state index contributed by atoms with van der Waals surface area (Å²) < 4.78 is 41.5. The minimum Gasteiger partial charge on any atom is -0.467 e. The molecule has 0 aliphatic heterocycles. The first-order valence-corrected chi connectivity index (χ1v) is 7.64. The second-order valence-electron chi connectivity index (χ2n) is 5.15. The molecule has 0 aliphatic rings. The van der Waals surface area contributed by atoms with Crippen LogP contribution in [0.25, 0.3) is 0 Å². The Labute approximate surface area is 147 Å². The topological polar surface area (TPSA) is 80.3 Å². The maximum atomic E-state index is 12.4. The highest BCUT2D eigenvalue weighted by atomic mass is 19.4. The van der Waals surface area contributed by atoms with E-state index in [9.17, 15) is 22.8 Å². The summed E-state index contributed by atoms with van der Waals surface area (Å²) in [7, 11) is 0. The third kappa shape index (κ3) is 5.47. The molecule has 0 unspecified atom stereocenters. The van der Waals surface area contributed by atoms with Crippen molar-refractivity contribution in [3.63, 3.8) is 0 Å². The van der Waals surface area contributed by atoms with Crippen LogP contribution in [0.5, 0.6) is 5.88 Å². The Bertz CT molecular complexity index is 794. The van der Waals surface area contributed by atoms with Crippen molar-refractivity contribution in [1.82, 2.24) is 10.3 Å². The van der Waals surface area contributed by atoms with Gasteiger partial charge in [-0.05, 0) is 37.3 Å². The molecule has 26 heavy (non-hydrogen) atoms. The maximum Gasteiger partial charge on any atom is 0.422 e. The predicted molar refractivity (Wildman–Crippen MR) is 88.2 cm³/mol. The standard InChI is InChI=1S/C17H16F3N3O3/c1-2-21-14(24)11-5-3-6-12(9-11)23-15(25)13-7-4-8-22-16(13)26-10-17(18,19)20/h3-9H,2,10H2,1H3,(H,21,24)(H,23,25). The highest BCUT2D eigenvalue weighted by Crippen LogP contribution is 2.21. The van der Waals surface area contributed by atoms with E-state index in [4.69, 9.17) is 0 Å². The minimum absolute atomic E-state index is 0.153. The molecule has 0 saturated heterocycles. The Morgan fingerprint density at radius 3 is 2.62 bits per heavy atom. The van der Waals surface area contributed by atoms with E-state index in [1.54, 1.807) is 25.1 Å². The second-order valence-corrected chi connectivity index (χ2v) is 5.15. The number of aromatic nitrogens is 1. The van der Waals surface area contributed by atoms with Crippen molar-refractivity contribution in [3.05, 3.63) is 53.7 Å². The van der Waals surface area contributed by atoms with E-state index in [1.807, 2.05) is 0 Å². The van der Waals surface area contributed by atoms with Gasteiger partial charge in [0.25, 0.3) is 11.8 Å². The lowest BCUT2D eigenvalue weighted by Gasteiger charge is -2.12. The quantitative estimate of drug-likeness (QED) is 0.823. The van der Waals surface area contributed by atoms with Gasteiger partial charge < -0.3 is 15.4 Å². The fraction of sp³-hybridized carbons (Fsp3) is 0.235. The van der Waals surface area contributed by atoms with Crippen molar-refractivity contribution in [2.75, 3.05) is 18.5 Å². The molecule has 9 heteroatoms. The Balaban J connectivity index is 2.15. The predicted octanol–water partition coefficient (Wildman–Crippen LogP) is 3.02. The van der Waals surface area contributed by atoms with Gasteiger partial charge >= 0.3 is 6.18 Å². The number of carbonyl (C=O) groups excluding carboxylic acids is 2. The monoisotopic (exact) mass is 367 g/mol. The SMILES string of the molecule is CCNC(=O)c1cccc(NC(=O)c2cccnc2OCC(F)(F)F)c1. The van der Waals surface area contributed by atoms with Gasteiger partial charge in [-0.15, -0.1) is 0 Å². The fourth-order valence-corrected chi connectivity index (χ4v) is 2.03. The van der Waals surface area contributed by atoms with E-state index >= 15 is 0 Å². The molecule has 0 saturated carbocycles. The minimum atomic E-state index is -4.55. The molecular weight excluding hydrogens is 351 g/mol. The number of carbonyl (C=O) groups is 2. The number of hydrogen-bond donors (Lipinski definition) is 2. The molecule has 2 aromatic rings. The third-order valence-electron chi connectivity index (χ3n) is 3.11. The van der Waals surface area contributed by atoms with Crippen LogP contribution in [0.4, 0.5) is 18.9 Å². The lowest BCUT2D eigenvalue weighted by Crippen LogP contribution is -2.23. The molecule has 1 heterocycles. The van der Waals surface area contributed by atoms with Crippen LogP contribution in [0, 0.1) is 0 Å². The van der Waals surface area contributed by atoms with Crippen molar-refractivity contribution < 1.29 is 27.5 Å². The molecule has 0 radical (unpaired) electrons. The number of amides is 2. The zero-order chi connectivity index (χ0) is 19.2. The number of rotatable bonds is 6. The number of hydrogen-bond acceptors (Lipinski definition) is 4. The van der Waals surface area contributed by atoms with Gasteiger partial charge in [0.15, 0.2) is 6.61 Å². The van der Waals surface area contributed by atoms with Crippen molar-refractivity contribution in [3.8, 4) is 5.88 Å². The number of nitrogens with one attached hydrogen (secondary N) is 2. The molecule has 6 nitrogen and oxygen atoms in total. The first-order chi connectivity index (χ1) is 12.3. The Morgan fingerprint density at radius 2 is 1.92 bits per heavy atom. The van der Waals surface area contributed by atoms with Crippen molar-refractivity contribution in [2.24, 2.45) is 0 Å². The van der Waals surface area contributed by atoms with Crippen molar-refractivity contribution in [1.29, 1.82) is 0 Å². The number of benzene rings is 1. The van der Waals surface area contributed by atoms with E-state index in [0.29, 0.717) is 17.8 Å². The summed E-state index contributed by atoms with van der Waals surface area (Å²) in [6, 6.07) is 8.85. The molecular formula is C17H16F3N3O3. The average molecular weight is 367 g/mol. The van der Waals surface area contributed by atoms with E-state index in [1.165, 1.54) is 24.4 Å². The lowest BCUT2D eigenvalue weighted by molar-refractivity contribution is -0.154. The number of ether oxygens (including phenoxy) is 1. The summed E-state index contributed by atoms with van der Waals surface area (Å²) in [4.78, 5) is 27.8. The largest absolute Gasteiger partial charge is 0.467 e. The molecule has 2 N–H and O–H groups in total. The second kappa shape index (κ2) is 8.32. The number of nitrogens with zero attached hydrogens (tertiary/aromatic N) is 1. The normalized spacial score (nSPS) is 10.9. The average Bonchev–Trinajstić information content (AvgIpc) is 2.60. The fourth-order valence-electron chi connectivity index (χ4n) is 2.03. The van der Waals surface area contributed by atoms with Gasteiger partial charge in [0.1, 0.15) is 5.56 Å². The first kappa shape index (κ1) is 19.2. The highest BCUT2D eigenvalue weighted by molar-refractivity contribution is 6.06. The first-order valence-electron chi connectivity index (χ1n) is 7.64. The molecule has 0 fully saturated rings. The summed E-state index contributed by atoms with van der Waals surface area (Å²) in [6.07, 6.45) is -3.33. The van der Waals surface area contributed by atoms with Crippen LogP contribution in [0.2, 0.25) is 0 Å². The summed E-state index contributed by atoms with van der Waals surface area (Å²) in [5.74, 6) is -1.44. The van der Waals surface area contributed by atoms with Gasteiger partial charge in [0, 0.05) is 24.0 Å². The van der Waals surface area contributed by atoms with Gasteiger partial charge in [-0.1, -0.05) is 6.07 Å². The molecule has 0 atom stereocenters. The molecule has 2 amide bonds. The van der Waals surface area contributed by atoms with Gasteiger partial charge in [-0.2, -0.15) is 13.2 Å². The molecule has 1 aromatic heterocycles. The molecule has 0 spiro atoms. The summed E-state index contributed by atoms with van der Waals surface area (Å²) in [5.41, 5.74) is 0.494. The molecule has 2 rings (SSSR count). The van der Waals surface area contributed by atoms with Gasteiger partial charge in [0.2, 0.25) is 5.88 Å².